The molecular weight excluding hydrogens is 1310 g/mol. The average molecular weight is 1470 g/mol. The Morgan fingerprint density at radius 2 is 0.510 bits per heavy atom. The zero-order valence-corrected chi connectivity index (χ0v) is 67.5. The van der Waals surface area contributed by atoms with Gasteiger partial charge in [-0.05, 0) is 43.4 Å². The Morgan fingerprint density at radius 3 is 0.760 bits per heavy atom. The zero-order chi connectivity index (χ0) is 73.7. The maximum atomic E-state index is 13.1. The normalized spacial score (nSPS) is 14.5. The molecule has 3 N–H and O–H groups in total. The number of carbonyl (C=O) groups excluding carboxylic acids is 4. The minimum Gasteiger partial charge on any atom is -0.462 e. The minimum atomic E-state index is -4.96. The number of phosphoric acid groups is 2. The summed E-state index contributed by atoms with van der Waals surface area (Å²) in [5.74, 6) is 0.334. The molecule has 0 aliphatic rings. The summed E-state index contributed by atoms with van der Waals surface area (Å²) in [6, 6.07) is 0. The van der Waals surface area contributed by atoms with Gasteiger partial charge in [0.1, 0.15) is 19.3 Å². The number of hydrogen-bond donors (Lipinski definition) is 3. The number of ether oxygens (including phenoxy) is 4. The molecule has 0 spiro atoms. The molecule has 0 aliphatic heterocycles. The summed E-state index contributed by atoms with van der Waals surface area (Å²) < 4.78 is 68.7. The van der Waals surface area contributed by atoms with E-state index >= 15 is 0 Å². The lowest BCUT2D eigenvalue weighted by Crippen LogP contribution is -2.30. The van der Waals surface area contributed by atoms with Crippen LogP contribution in [-0.2, 0) is 65.4 Å². The van der Waals surface area contributed by atoms with E-state index < -0.39 is 97.5 Å². The Hall–Kier alpha value is -1.94. The van der Waals surface area contributed by atoms with Crippen LogP contribution in [0.3, 0.4) is 0 Å². The van der Waals surface area contributed by atoms with Crippen LogP contribution in [0.4, 0.5) is 0 Å². The maximum absolute atomic E-state index is 13.1. The third-order valence-electron chi connectivity index (χ3n) is 19.6. The number of rotatable bonds is 79. The number of esters is 4. The smallest absolute Gasteiger partial charge is 0.462 e. The SMILES string of the molecule is CCCCCCCCCCCCC(=O)OC[C@H](COP(=O)(O)OC[C@H](O)COP(=O)(O)OC[C@@H](COC(=O)CCCCCCCCCCCCCC(C)C)OC(=O)CCCCCCCCCCCCCCCCCCCCC(C)CC)OC(=O)CCCCCCCCCCCCC(C)CC. The number of aliphatic hydroxyl groups is 1. The van der Waals surface area contributed by atoms with Crippen molar-refractivity contribution in [1.82, 2.24) is 0 Å². The van der Waals surface area contributed by atoms with Crippen LogP contribution in [0.5, 0.6) is 0 Å². The van der Waals surface area contributed by atoms with Gasteiger partial charge in [0.05, 0.1) is 26.4 Å². The quantitative estimate of drug-likeness (QED) is 0.0222. The van der Waals surface area contributed by atoms with Crippen LogP contribution in [0.1, 0.15) is 421 Å². The molecule has 100 heavy (non-hydrogen) atoms. The fourth-order valence-electron chi connectivity index (χ4n) is 12.4. The maximum Gasteiger partial charge on any atom is 0.472 e. The van der Waals surface area contributed by atoms with Gasteiger partial charge in [0, 0.05) is 25.7 Å². The number of carbonyl (C=O) groups is 4. The van der Waals surface area contributed by atoms with E-state index in [0.29, 0.717) is 25.7 Å². The van der Waals surface area contributed by atoms with Gasteiger partial charge in [-0.1, -0.05) is 370 Å². The van der Waals surface area contributed by atoms with Crippen molar-refractivity contribution in [3.8, 4) is 0 Å². The van der Waals surface area contributed by atoms with Gasteiger partial charge >= 0.3 is 39.5 Å². The van der Waals surface area contributed by atoms with Crippen LogP contribution in [-0.4, -0.2) is 96.7 Å². The van der Waals surface area contributed by atoms with Crippen molar-refractivity contribution >= 4 is 39.5 Å². The van der Waals surface area contributed by atoms with Crippen molar-refractivity contribution in [2.45, 2.75) is 439 Å². The number of aliphatic hydroxyl groups excluding tert-OH is 1. The van der Waals surface area contributed by atoms with Gasteiger partial charge in [-0.2, -0.15) is 0 Å². The molecule has 0 aromatic carbocycles. The van der Waals surface area contributed by atoms with Crippen LogP contribution < -0.4 is 0 Å². The molecule has 0 aromatic heterocycles. The molecule has 4 unspecified atom stereocenters. The zero-order valence-electron chi connectivity index (χ0n) is 65.7. The lowest BCUT2D eigenvalue weighted by molar-refractivity contribution is -0.161. The van der Waals surface area contributed by atoms with Gasteiger partial charge in [-0.25, -0.2) is 9.13 Å². The molecule has 0 heterocycles. The van der Waals surface area contributed by atoms with Crippen molar-refractivity contribution in [2.24, 2.45) is 17.8 Å². The van der Waals surface area contributed by atoms with Crippen molar-refractivity contribution < 1.29 is 80.2 Å². The Kier molecular flexibility index (Phi) is 69.9. The molecule has 7 atom stereocenters. The Morgan fingerprint density at radius 1 is 0.290 bits per heavy atom. The molecular formula is C81H158O17P2. The molecule has 0 saturated carbocycles. The second-order valence-corrected chi connectivity index (χ2v) is 33.0. The Balaban J connectivity index is 5.21. The predicted octanol–water partition coefficient (Wildman–Crippen LogP) is 24.1. The molecule has 19 heteroatoms. The van der Waals surface area contributed by atoms with Crippen LogP contribution in [0, 0.1) is 17.8 Å². The lowest BCUT2D eigenvalue weighted by Gasteiger charge is -2.21. The highest BCUT2D eigenvalue weighted by molar-refractivity contribution is 7.47. The summed E-state index contributed by atoms with van der Waals surface area (Å²) in [4.78, 5) is 73.0. The Bertz CT molecular complexity index is 1940. The highest BCUT2D eigenvalue weighted by Gasteiger charge is 2.30. The molecule has 0 fully saturated rings. The third kappa shape index (κ3) is 71.7. The second-order valence-electron chi connectivity index (χ2n) is 30.1. The number of hydrogen-bond acceptors (Lipinski definition) is 15. The van der Waals surface area contributed by atoms with Crippen LogP contribution in [0.25, 0.3) is 0 Å². The highest BCUT2D eigenvalue weighted by atomic mass is 31.2. The van der Waals surface area contributed by atoms with Gasteiger partial charge in [0.25, 0.3) is 0 Å². The van der Waals surface area contributed by atoms with E-state index in [0.717, 1.165) is 108 Å². The van der Waals surface area contributed by atoms with Crippen LogP contribution >= 0.6 is 15.6 Å². The fraction of sp³-hybridized carbons (Fsp3) is 0.951. The van der Waals surface area contributed by atoms with E-state index in [-0.39, 0.29) is 25.7 Å². The van der Waals surface area contributed by atoms with Crippen molar-refractivity contribution in [3.63, 3.8) is 0 Å². The van der Waals surface area contributed by atoms with Crippen LogP contribution in [0.15, 0.2) is 0 Å². The minimum absolute atomic E-state index is 0.106. The first-order valence-electron chi connectivity index (χ1n) is 41.9. The predicted molar refractivity (Wildman–Crippen MR) is 409 cm³/mol. The summed E-state index contributed by atoms with van der Waals surface area (Å²) in [6.07, 6.45) is 59.5. The molecule has 0 aromatic rings. The molecule has 0 rings (SSSR count). The van der Waals surface area contributed by atoms with Gasteiger partial charge in [-0.3, -0.25) is 37.3 Å². The molecule has 0 radical (unpaired) electrons. The second kappa shape index (κ2) is 71.3. The summed E-state index contributed by atoms with van der Waals surface area (Å²) in [5.41, 5.74) is 0. The molecule has 0 amide bonds. The monoisotopic (exact) mass is 1470 g/mol. The molecule has 0 aliphatic carbocycles. The summed E-state index contributed by atoms with van der Waals surface area (Å²) in [5, 5.41) is 10.6. The van der Waals surface area contributed by atoms with Crippen LogP contribution in [0.2, 0.25) is 0 Å². The first kappa shape index (κ1) is 98.1. The van der Waals surface area contributed by atoms with E-state index in [4.69, 9.17) is 37.0 Å². The highest BCUT2D eigenvalue weighted by Crippen LogP contribution is 2.45. The van der Waals surface area contributed by atoms with Gasteiger partial charge in [-0.15, -0.1) is 0 Å². The van der Waals surface area contributed by atoms with E-state index in [2.05, 4.69) is 48.5 Å². The molecule has 0 saturated heterocycles. The summed E-state index contributed by atoms with van der Waals surface area (Å²) >= 11 is 0. The standard InChI is InChI=1S/C81H158O17P2/c1-8-11-12-13-14-15-34-41-48-55-62-78(83)91-68-76(98-81(86)65-58-51-44-37-30-29-33-40-47-54-61-74(7)10-3)70-95-99(87,88)93-66-75(82)67-94-100(89,90)96-71-77(69-92-79(84)63-56-49-42-35-28-24-25-31-38-45-52-59-72(4)5)97-80(85)64-57-50-43-36-27-23-21-19-17-16-18-20-22-26-32-39-46-53-60-73(6)9-2/h72-77,82H,8-71H2,1-7H3,(H,87,88)(H,89,90)/t73?,74?,75-,76+,77+/m0/s1. The number of phosphoric ester groups is 2. The largest absolute Gasteiger partial charge is 0.472 e. The summed E-state index contributed by atoms with van der Waals surface area (Å²) in [7, 11) is -9.92. The molecule has 594 valence electrons. The van der Waals surface area contributed by atoms with Gasteiger partial charge < -0.3 is 33.8 Å². The van der Waals surface area contributed by atoms with Gasteiger partial charge in [0.15, 0.2) is 12.2 Å². The van der Waals surface area contributed by atoms with Crippen molar-refractivity contribution in [3.05, 3.63) is 0 Å². The van der Waals surface area contributed by atoms with E-state index in [9.17, 15) is 43.2 Å². The topological polar surface area (TPSA) is 237 Å². The average Bonchev–Trinajstić information content (AvgIpc) is 0.948. The Labute approximate surface area is 613 Å². The van der Waals surface area contributed by atoms with E-state index in [1.807, 2.05) is 0 Å². The molecule has 0 bridgehead atoms. The fourth-order valence-corrected chi connectivity index (χ4v) is 14.0. The van der Waals surface area contributed by atoms with Crippen molar-refractivity contribution in [1.29, 1.82) is 0 Å². The first-order valence-corrected chi connectivity index (χ1v) is 44.9. The summed E-state index contributed by atoms with van der Waals surface area (Å²) in [6.45, 7) is 12.0. The van der Waals surface area contributed by atoms with E-state index in [1.54, 1.807) is 0 Å². The first-order chi connectivity index (χ1) is 48.3. The number of unbranched alkanes of at least 4 members (excludes halogenated alkanes) is 45. The van der Waals surface area contributed by atoms with Gasteiger partial charge in [0.2, 0.25) is 0 Å². The van der Waals surface area contributed by atoms with Crippen molar-refractivity contribution in [2.75, 3.05) is 39.6 Å². The lowest BCUT2D eigenvalue weighted by atomic mass is 9.99. The molecule has 17 nitrogen and oxygen atoms in total. The third-order valence-corrected chi connectivity index (χ3v) is 21.5. The van der Waals surface area contributed by atoms with E-state index in [1.165, 1.54) is 231 Å².